The van der Waals surface area contributed by atoms with Crippen molar-refractivity contribution in [2.24, 2.45) is 0 Å². The molecule has 1 atom stereocenters. The monoisotopic (exact) mass is 338 g/mol. The fourth-order valence-corrected chi connectivity index (χ4v) is 3.15. The number of piperidine rings is 1. The summed E-state index contributed by atoms with van der Waals surface area (Å²) < 4.78 is 5.74. The third kappa shape index (κ3) is 4.85. The lowest BCUT2D eigenvalue weighted by molar-refractivity contribution is -0.139. The molecule has 1 saturated heterocycles. The Morgan fingerprint density at radius 1 is 1.22 bits per heavy atom. The number of carbonyl (C=O) groups is 1. The third-order valence-corrected chi connectivity index (χ3v) is 4.85. The van der Waals surface area contributed by atoms with Gasteiger partial charge >= 0.3 is 0 Å². The zero-order valence-electron chi connectivity index (χ0n) is 14.5. The Balaban J connectivity index is 1.87. The zero-order valence-corrected chi connectivity index (χ0v) is 15.2. The molecule has 0 bridgehead atoms. The normalized spacial score (nSPS) is 18.0. The van der Waals surface area contributed by atoms with Crippen molar-refractivity contribution >= 4 is 17.5 Å². The third-order valence-electron chi connectivity index (χ3n) is 4.60. The van der Waals surface area contributed by atoms with Crippen LogP contribution in [-0.2, 0) is 4.79 Å². The van der Waals surface area contributed by atoms with Crippen LogP contribution in [0.25, 0.3) is 0 Å². The van der Waals surface area contributed by atoms with E-state index in [0.717, 1.165) is 25.9 Å². The van der Waals surface area contributed by atoms with E-state index in [4.69, 9.17) is 16.3 Å². The molecule has 128 valence electrons. The summed E-state index contributed by atoms with van der Waals surface area (Å²) in [6, 6.07) is 7.97. The summed E-state index contributed by atoms with van der Waals surface area (Å²) in [6.45, 7) is 8.34. The van der Waals surface area contributed by atoms with E-state index in [-0.39, 0.29) is 5.91 Å². The first-order valence-electron chi connectivity index (χ1n) is 8.31. The Kier molecular flexibility index (Phi) is 6.31. The highest BCUT2D eigenvalue weighted by atomic mass is 35.5. The molecule has 1 heterocycles. The second-order valence-corrected chi connectivity index (χ2v) is 6.96. The van der Waals surface area contributed by atoms with Crippen LogP contribution in [0.2, 0.25) is 5.02 Å². The summed E-state index contributed by atoms with van der Waals surface area (Å²) in [7, 11) is 1.89. The smallest absolute Gasteiger partial charge is 0.263 e. The van der Waals surface area contributed by atoms with E-state index in [1.165, 1.54) is 0 Å². The molecule has 0 aromatic heterocycles. The molecule has 2 rings (SSSR count). The molecule has 1 unspecified atom stereocenters. The topological polar surface area (TPSA) is 32.8 Å². The van der Waals surface area contributed by atoms with E-state index in [1.807, 2.05) is 11.9 Å². The number of hydrogen-bond acceptors (Lipinski definition) is 3. The number of hydrogen-bond donors (Lipinski definition) is 0. The Bertz CT molecular complexity index is 510. The van der Waals surface area contributed by atoms with Crippen LogP contribution < -0.4 is 4.74 Å². The van der Waals surface area contributed by atoms with Crippen LogP contribution in [0.4, 0.5) is 0 Å². The molecular weight excluding hydrogens is 312 g/mol. The highest BCUT2D eigenvalue weighted by Crippen LogP contribution is 2.20. The van der Waals surface area contributed by atoms with Crippen LogP contribution in [0.1, 0.15) is 33.6 Å². The number of benzene rings is 1. The van der Waals surface area contributed by atoms with Crippen LogP contribution in [-0.4, -0.2) is 54.0 Å². The molecule has 1 aromatic carbocycles. The van der Waals surface area contributed by atoms with Crippen LogP contribution in [0.5, 0.6) is 5.75 Å². The van der Waals surface area contributed by atoms with Gasteiger partial charge in [0.25, 0.3) is 5.91 Å². The Morgan fingerprint density at radius 2 is 1.78 bits per heavy atom. The Hall–Kier alpha value is -1.26. The lowest BCUT2D eigenvalue weighted by Gasteiger charge is -2.39. The maximum Gasteiger partial charge on any atom is 0.263 e. The predicted molar refractivity (Wildman–Crippen MR) is 94.0 cm³/mol. The molecule has 0 radical (unpaired) electrons. The van der Waals surface area contributed by atoms with Crippen molar-refractivity contribution in [1.29, 1.82) is 0 Å². The molecule has 0 N–H and O–H groups in total. The first kappa shape index (κ1) is 18.1. The molecule has 4 nitrogen and oxygen atoms in total. The molecule has 5 heteroatoms. The average molecular weight is 339 g/mol. The lowest BCUT2D eigenvalue weighted by Crippen LogP contribution is -2.50. The SMILES string of the molecule is CC(Oc1ccc(Cl)cc1)C(=O)N(C)C1CCN(C(C)C)CC1. The van der Waals surface area contributed by atoms with Gasteiger partial charge in [0.05, 0.1) is 0 Å². The fraction of sp³-hybridized carbons (Fsp3) is 0.611. The number of halogens is 1. The first-order chi connectivity index (χ1) is 10.9. The quantitative estimate of drug-likeness (QED) is 0.824. The molecule has 0 spiro atoms. The van der Waals surface area contributed by atoms with E-state index in [1.54, 1.807) is 31.2 Å². The van der Waals surface area contributed by atoms with Crippen LogP contribution in [0.3, 0.4) is 0 Å². The highest BCUT2D eigenvalue weighted by molar-refractivity contribution is 6.30. The molecule has 0 aliphatic carbocycles. The van der Waals surface area contributed by atoms with Crippen molar-refractivity contribution in [3.63, 3.8) is 0 Å². The number of carbonyl (C=O) groups excluding carboxylic acids is 1. The number of amides is 1. The molecule has 1 amide bonds. The number of ether oxygens (including phenoxy) is 1. The van der Waals surface area contributed by atoms with Gasteiger partial charge in [-0.05, 0) is 57.9 Å². The van der Waals surface area contributed by atoms with Gasteiger partial charge in [0, 0.05) is 37.2 Å². The zero-order chi connectivity index (χ0) is 17.0. The molecule has 23 heavy (non-hydrogen) atoms. The van der Waals surface area contributed by atoms with Gasteiger partial charge in [-0.15, -0.1) is 0 Å². The van der Waals surface area contributed by atoms with Gasteiger partial charge in [-0.2, -0.15) is 0 Å². The van der Waals surface area contributed by atoms with Gasteiger partial charge in [0.15, 0.2) is 6.10 Å². The maximum atomic E-state index is 12.6. The van der Waals surface area contributed by atoms with Gasteiger partial charge in [-0.25, -0.2) is 0 Å². The standard InChI is InChI=1S/C18H27ClN2O2/c1-13(2)21-11-9-16(10-12-21)20(4)18(22)14(3)23-17-7-5-15(19)6-8-17/h5-8,13-14,16H,9-12H2,1-4H3. The largest absolute Gasteiger partial charge is 0.481 e. The van der Waals surface area contributed by atoms with Crippen molar-refractivity contribution in [2.75, 3.05) is 20.1 Å². The van der Waals surface area contributed by atoms with E-state index in [2.05, 4.69) is 18.7 Å². The van der Waals surface area contributed by atoms with Gasteiger partial charge < -0.3 is 14.5 Å². The predicted octanol–water partition coefficient (Wildman–Crippen LogP) is 3.44. The first-order valence-corrected chi connectivity index (χ1v) is 8.69. The summed E-state index contributed by atoms with van der Waals surface area (Å²) in [6.07, 6.45) is 1.55. The number of likely N-dealkylation sites (N-methyl/N-ethyl adjacent to an activating group) is 1. The van der Waals surface area contributed by atoms with Crippen molar-refractivity contribution < 1.29 is 9.53 Å². The molecular formula is C18H27ClN2O2. The van der Waals surface area contributed by atoms with Crippen LogP contribution in [0, 0.1) is 0 Å². The van der Waals surface area contributed by atoms with Crippen molar-refractivity contribution in [1.82, 2.24) is 9.80 Å². The number of likely N-dealkylation sites (tertiary alicyclic amines) is 1. The average Bonchev–Trinajstić information content (AvgIpc) is 2.55. The van der Waals surface area contributed by atoms with Crippen molar-refractivity contribution in [2.45, 2.75) is 51.8 Å². The number of nitrogens with zero attached hydrogens (tertiary/aromatic N) is 2. The Labute approximate surface area is 144 Å². The summed E-state index contributed by atoms with van der Waals surface area (Å²) in [5, 5.41) is 0.658. The summed E-state index contributed by atoms with van der Waals surface area (Å²) in [5.41, 5.74) is 0. The summed E-state index contributed by atoms with van der Waals surface area (Å²) in [4.78, 5) is 16.9. The fourth-order valence-electron chi connectivity index (χ4n) is 3.02. The molecule has 1 aliphatic heterocycles. The minimum atomic E-state index is -0.496. The van der Waals surface area contributed by atoms with Crippen LogP contribution in [0.15, 0.2) is 24.3 Å². The minimum absolute atomic E-state index is 0.0305. The summed E-state index contributed by atoms with van der Waals surface area (Å²) >= 11 is 5.86. The molecule has 0 saturated carbocycles. The van der Waals surface area contributed by atoms with Gasteiger partial charge in [0.1, 0.15) is 5.75 Å². The summed E-state index contributed by atoms with van der Waals surface area (Å²) in [5.74, 6) is 0.696. The Morgan fingerprint density at radius 3 is 2.30 bits per heavy atom. The molecule has 1 aliphatic rings. The highest BCUT2D eigenvalue weighted by Gasteiger charge is 2.29. The van der Waals surface area contributed by atoms with E-state index >= 15 is 0 Å². The van der Waals surface area contributed by atoms with E-state index < -0.39 is 6.10 Å². The molecule has 1 aromatic rings. The van der Waals surface area contributed by atoms with E-state index in [0.29, 0.717) is 22.9 Å². The second kappa shape index (κ2) is 8.02. The van der Waals surface area contributed by atoms with Gasteiger partial charge in [-0.1, -0.05) is 11.6 Å². The van der Waals surface area contributed by atoms with Crippen molar-refractivity contribution in [3.05, 3.63) is 29.3 Å². The molecule has 1 fully saturated rings. The second-order valence-electron chi connectivity index (χ2n) is 6.52. The van der Waals surface area contributed by atoms with Crippen LogP contribution >= 0.6 is 11.6 Å². The van der Waals surface area contributed by atoms with Crippen molar-refractivity contribution in [3.8, 4) is 5.75 Å². The van der Waals surface area contributed by atoms with E-state index in [9.17, 15) is 4.79 Å². The van der Waals surface area contributed by atoms with Gasteiger partial charge in [-0.3, -0.25) is 4.79 Å². The maximum absolute atomic E-state index is 12.6. The number of rotatable bonds is 5. The minimum Gasteiger partial charge on any atom is -0.481 e. The van der Waals surface area contributed by atoms with Gasteiger partial charge in [0.2, 0.25) is 0 Å². The lowest BCUT2D eigenvalue weighted by atomic mass is 10.0.